The van der Waals surface area contributed by atoms with Crippen LogP contribution in [0.15, 0.2) is 4.79 Å². The Labute approximate surface area is 119 Å². The zero-order chi connectivity index (χ0) is 13.1. The number of rotatable bonds is 3. The SMILES string of the molecule is COCc1nc(C2CN(C)CCO2)[nH]c(=O)c1I. The highest BCUT2D eigenvalue weighted by molar-refractivity contribution is 14.1. The van der Waals surface area contributed by atoms with Crippen molar-refractivity contribution in [1.29, 1.82) is 0 Å². The maximum Gasteiger partial charge on any atom is 0.264 e. The lowest BCUT2D eigenvalue weighted by Crippen LogP contribution is -2.37. The molecule has 0 saturated carbocycles. The molecular weight excluding hydrogens is 349 g/mol. The van der Waals surface area contributed by atoms with E-state index < -0.39 is 0 Å². The first-order valence-electron chi connectivity index (χ1n) is 5.69. The molecule has 1 aliphatic rings. The van der Waals surface area contributed by atoms with E-state index in [2.05, 4.69) is 14.9 Å². The Morgan fingerprint density at radius 2 is 2.44 bits per heavy atom. The molecule has 2 heterocycles. The fourth-order valence-electron chi connectivity index (χ4n) is 1.85. The summed E-state index contributed by atoms with van der Waals surface area (Å²) in [4.78, 5) is 21.2. The minimum absolute atomic E-state index is 0.135. The Hall–Kier alpha value is -0.510. The Morgan fingerprint density at radius 3 is 3.11 bits per heavy atom. The van der Waals surface area contributed by atoms with Crippen LogP contribution in [-0.2, 0) is 16.1 Å². The van der Waals surface area contributed by atoms with Gasteiger partial charge in [0.2, 0.25) is 0 Å². The first-order chi connectivity index (χ1) is 8.61. The lowest BCUT2D eigenvalue weighted by Gasteiger charge is -2.29. The van der Waals surface area contributed by atoms with Gasteiger partial charge in [0, 0.05) is 20.2 Å². The average Bonchev–Trinajstić information content (AvgIpc) is 2.35. The number of methoxy groups -OCH3 is 1. The third-order valence-corrected chi connectivity index (χ3v) is 3.92. The fraction of sp³-hybridized carbons (Fsp3) is 0.636. The second-order valence-electron chi connectivity index (χ2n) is 4.27. The summed E-state index contributed by atoms with van der Waals surface area (Å²) >= 11 is 1.98. The third-order valence-electron chi connectivity index (χ3n) is 2.81. The summed E-state index contributed by atoms with van der Waals surface area (Å²) in [7, 11) is 3.61. The molecule has 0 amide bonds. The lowest BCUT2D eigenvalue weighted by atomic mass is 10.2. The molecule has 1 aromatic rings. The number of H-pyrrole nitrogens is 1. The molecule has 0 bridgehead atoms. The van der Waals surface area contributed by atoms with Crippen molar-refractivity contribution < 1.29 is 9.47 Å². The standard InChI is InChI=1S/C11H16IN3O3/c1-15-3-4-18-8(5-15)10-13-7(6-17-2)9(12)11(16)14-10/h8H,3-6H2,1-2H3,(H,13,14,16). The highest BCUT2D eigenvalue weighted by Crippen LogP contribution is 2.18. The van der Waals surface area contributed by atoms with Crippen LogP contribution in [0.3, 0.4) is 0 Å². The van der Waals surface area contributed by atoms with Gasteiger partial charge in [-0.3, -0.25) is 4.79 Å². The molecule has 1 atom stereocenters. The van der Waals surface area contributed by atoms with Crippen molar-refractivity contribution in [3.63, 3.8) is 0 Å². The fourth-order valence-corrected chi connectivity index (χ4v) is 2.26. The maximum absolute atomic E-state index is 11.8. The van der Waals surface area contributed by atoms with Gasteiger partial charge < -0.3 is 19.4 Å². The van der Waals surface area contributed by atoms with Gasteiger partial charge in [-0.2, -0.15) is 0 Å². The number of morpholine rings is 1. The van der Waals surface area contributed by atoms with Crippen molar-refractivity contribution in [2.75, 3.05) is 33.9 Å². The van der Waals surface area contributed by atoms with E-state index in [-0.39, 0.29) is 11.7 Å². The molecule has 0 aromatic carbocycles. The van der Waals surface area contributed by atoms with Crippen LogP contribution in [0.4, 0.5) is 0 Å². The van der Waals surface area contributed by atoms with Gasteiger partial charge in [0.15, 0.2) is 0 Å². The highest BCUT2D eigenvalue weighted by Gasteiger charge is 2.23. The summed E-state index contributed by atoms with van der Waals surface area (Å²) in [5, 5.41) is 0. The second kappa shape index (κ2) is 6.09. The first kappa shape index (κ1) is 13.9. The molecule has 0 spiro atoms. The molecule has 0 radical (unpaired) electrons. The maximum atomic E-state index is 11.8. The van der Waals surface area contributed by atoms with Crippen LogP contribution < -0.4 is 5.56 Å². The first-order valence-corrected chi connectivity index (χ1v) is 6.77. The predicted molar refractivity (Wildman–Crippen MR) is 74.5 cm³/mol. The molecule has 1 aromatic heterocycles. The van der Waals surface area contributed by atoms with Crippen molar-refractivity contribution in [3.8, 4) is 0 Å². The number of nitrogens with one attached hydrogen (secondary N) is 1. The molecule has 1 aliphatic heterocycles. The topological polar surface area (TPSA) is 67.5 Å². The minimum Gasteiger partial charge on any atom is -0.378 e. The van der Waals surface area contributed by atoms with E-state index in [0.29, 0.717) is 28.3 Å². The van der Waals surface area contributed by atoms with E-state index in [9.17, 15) is 4.79 Å². The van der Waals surface area contributed by atoms with Crippen molar-refractivity contribution in [1.82, 2.24) is 14.9 Å². The predicted octanol–water partition coefficient (Wildman–Crippen LogP) is 0.524. The number of nitrogens with zero attached hydrogens (tertiary/aromatic N) is 2. The van der Waals surface area contributed by atoms with E-state index in [4.69, 9.17) is 9.47 Å². The van der Waals surface area contributed by atoms with Gasteiger partial charge in [0.1, 0.15) is 15.5 Å². The van der Waals surface area contributed by atoms with Gasteiger partial charge in [-0.05, 0) is 29.6 Å². The third kappa shape index (κ3) is 3.08. The quantitative estimate of drug-likeness (QED) is 0.792. The number of likely N-dealkylation sites (N-methyl/N-ethyl adjacent to an activating group) is 1. The molecule has 2 rings (SSSR count). The number of aromatic amines is 1. The Kier molecular flexibility index (Phi) is 4.71. The van der Waals surface area contributed by atoms with Crippen LogP contribution in [0.25, 0.3) is 0 Å². The van der Waals surface area contributed by atoms with E-state index >= 15 is 0 Å². The van der Waals surface area contributed by atoms with Crippen LogP contribution in [0.5, 0.6) is 0 Å². The molecule has 18 heavy (non-hydrogen) atoms. The van der Waals surface area contributed by atoms with E-state index in [0.717, 1.165) is 13.1 Å². The van der Waals surface area contributed by atoms with Crippen LogP contribution in [0.1, 0.15) is 17.6 Å². The molecule has 100 valence electrons. The smallest absolute Gasteiger partial charge is 0.264 e. The normalized spacial score (nSPS) is 21.2. The monoisotopic (exact) mass is 365 g/mol. The Balaban J connectivity index is 2.30. The molecule has 1 fully saturated rings. The summed E-state index contributed by atoms with van der Waals surface area (Å²) < 4.78 is 11.3. The average molecular weight is 365 g/mol. The van der Waals surface area contributed by atoms with Crippen LogP contribution in [-0.4, -0.2) is 48.7 Å². The van der Waals surface area contributed by atoms with Gasteiger partial charge in [-0.25, -0.2) is 4.98 Å². The zero-order valence-electron chi connectivity index (χ0n) is 10.4. The minimum atomic E-state index is -0.177. The van der Waals surface area contributed by atoms with Gasteiger partial charge in [-0.15, -0.1) is 0 Å². The molecule has 1 N–H and O–H groups in total. The zero-order valence-corrected chi connectivity index (χ0v) is 12.6. The van der Waals surface area contributed by atoms with E-state index in [1.807, 2.05) is 29.6 Å². The lowest BCUT2D eigenvalue weighted by molar-refractivity contribution is -0.0258. The number of ether oxygens (including phenoxy) is 2. The molecule has 1 unspecified atom stereocenters. The summed E-state index contributed by atoms with van der Waals surface area (Å²) in [5.74, 6) is 0.582. The Morgan fingerprint density at radius 1 is 1.67 bits per heavy atom. The second-order valence-corrected chi connectivity index (χ2v) is 5.35. The van der Waals surface area contributed by atoms with Crippen molar-refractivity contribution >= 4 is 22.6 Å². The molecule has 0 aliphatic carbocycles. The number of hydrogen-bond acceptors (Lipinski definition) is 5. The summed E-state index contributed by atoms with van der Waals surface area (Å²) in [6, 6.07) is 0. The summed E-state index contributed by atoms with van der Waals surface area (Å²) in [6.45, 7) is 2.61. The van der Waals surface area contributed by atoms with Crippen LogP contribution in [0.2, 0.25) is 0 Å². The van der Waals surface area contributed by atoms with Crippen molar-refractivity contribution in [3.05, 3.63) is 25.4 Å². The van der Waals surface area contributed by atoms with Gasteiger partial charge >= 0.3 is 0 Å². The van der Waals surface area contributed by atoms with Crippen molar-refractivity contribution in [2.24, 2.45) is 0 Å². The van der Waals surface area contributed by atoms with Gasteiger partial charge in [0.25, 0.3) is 5.56 Å². The van der Waals surface area contributed by atoms with E-state index in [1.54, 1.807) is 7.11 Å². The Bertz CT molecular complexity index is 477. The van der Waals surface area contributed by atoms with Crippen LogP contribution >= 0.6 is 22.6 Å². The number of hydrogen-bond donors (Lipinski definition) is 1. The van der Waals surface area contributed by atoms with Gasteiger partial charge in [-0.1, -0.05) is 0 Å². The summed E-state index contributed by atoms with van der Waals surface area (Å²) in [6.07, 6.45) is -0.177. The van der Waals surface area contributed by atoms with Crippen LogP contribution in [0, 0.1) is 3.57 Å². The van der Waals surface area contributed by atoms with E-state index in [1.165, 1.54) is 0 Å². The largest absolute Gasteiger partial charge is 0.378 e. The molecule has 6 nitrogen and oxygen atoms in total. The highest BCUT2D eigenvalue weighted by atomic mass is 127. The summed E-state index contributed by atoms with van der Waals surface area (Å²) in [5.41, 5.74) is 0.526. The van der Waals surface area contributed by atoms with Gasteiger partial charge in [0.05, 0.1) is 18.9 Å². The number of halogens is 1. The molecular formula is C11H16IN3O3. The molecule has 1 saturated heterocycles. The molecule has 7 heteroatoms. The number of aromatic nitrogens is 2. The van der Waals surface area contributed by atoms with Crippen molar-refractivity contribution in [2.45, 2.75) is 12.7 Å².